The van der Waals surface area contributed by atoms with Crippen LogP contribution in [0.5, 0.6) is 0 Å². The Balaban J connectivity index is 2.11. The van der Waals surface area contributed by atoms with E-state index in [0.29, 0.717) is 17.7 Å². The summed E-state index contributed by atoms with van der Waals surface area (Å²) < 4.78 is 27.9. The van der Waals surface area contributed by atoms with Gasteiger partial charge >= 0.3 is 5.97 Å². The highest BCUT2D eigenvalue weighted by Gasteiger charge is 2.31. The summed E-state index contributed by atoms with van der Waals surface area (Å²) in [6, 6.07) is -0.154. The number of hydrogen-bond acceptors (Lipinski definition) is 4. The Hall–Kier alpha value is -0.920. The monoisotopic (exact) mass is 331 g/mol. The van der Waals surface area contributed by atoms with Crippen molar-refractivity contribution < 1.29 is 18.3 Å². The van der Waals surface area contributed by atoms with Crippen LogP contribution in [-0.2, 0) is 14.8 Å². The second-order valence-corrected chi connectivity index (χ2v) is 8.84. The van der Waals surface area contributed by atoms with Gasteiger partial charge < -0.3 is 5.11 Å². The SMILES string of the molecule is Cc1sc(C)c(S(=O)(=O)N[C@@H]2CC[C@H](CC(=O)O)C2)c1C. The molecule has 1 saturated carbocycles. The molecule has 1 aliphatic carbocycles. The van der Waals surface area contributed by atoms with Crippen molar-refractivity contribution >= 4 is 27.3 Å². The van der Waals surface area contributed by atoms with Gasteiger partial charge in [0.15, 0.2) is 0 Å². The van der Waals surface area contributed by atoms with E-state index in [1.165, 1.54) is 11.3 Å². The number of aryl methyl sites for hydroxylation is 2. The highest BCUT2D eigenvalue weighted by molar-refractivity contribution is 7.89. The number of carbonyl (C=O) groups is 1. The minimum Gasteiger partial charge on any atom is -0.481 e. The van der Waals surface area contributed by atoms with Gasteiger partial charge in [0, 0.05) is 22.2 Å². The number of aliphatic carboxylic acids is 1. The third-order valence-corrected chi connectivity index (χ3v) is 7.14. The first-order valence-electron chi connectivity index (χ1n) is 7.01. The van der Waals surface area contributed by atoms with Crippen LogP contribution in [0.3, 0.4) is 0 Å². The van der Waals surface area contributed by atoms with Crippen molar-refractivity contribution in [2.24, 2.45) is 5.92 Å². The Morgan fingerprint density at radius 3 is 2.48 bits per heavy atom. The van der Waals surface area contributed by atoms with Gasteiger partial charge in [-0.25, -0.2) is 13.1 Å². The highest BCUT2D eigenvalue weighted by Crippen LogP contribution is 2.33. The molecule has 118 valence electrons. The number of carboxylic acids is 1. The Labute approximate surface area is 129 Å². The van der Waals surface area contributed by atoms with E-state index in [-0.39, 0.29) is 18.4 Å². The van der Waals surface area contributed by atoms with E-state index >= 15 is 0 Å². The molecule has 0 amide bonds. The first-order valence-corrected chi connectivity index (χ1v) is 9.31. The Morgan fingerprint density at radius 2 is 1.95 bits per heavy atom. The topological polar surface area (TPSA) is 83.5 Å². The molecule has 1 heterocycles. The Kier molecular flexibility index (Phi) is 4.75. The average molecular weight is 331 g/mol. The summed E-state index contributed by atoms with van der Waals surface area (Å²) >= 11 is 1.49. The van der Waals surface area contributed by atoms with Crippen molar-refractivity contribution in [1.82, 2.24) is 4.72 Å². The quantitative estimate of drug-likeness (QED) is 0.868. The molecule has 0 spiro atoms. The molecule has 1 fully saturated rings. The van der Waals surface area contributed by atoms with Crippen LogP contribution in [0.2, 0.25) is 0 Å². The third-order valence-electron chi connectivity index (χ3n) is 4.09. The van der Waals surface area contributed by atoms with Crippen LogP contribution in [0.1, 0.15) is 41.0 Å². The molecule has 2 atom stereocenters. The zero-order chi connectivity index (χ0) is 15.8. The maximum absolute atomic E-state index is 12.6. The van der Waals surface area contributed by atoms with Crippen molar-refractivity contribution in [3.8, 4) is 0 Å². The van der Waals surface area contributed by atoms with Gasteiger partial charge in [0.1, 0.15) is 0 Å². The van der Waals surface area contributed by atoms with E-state index in [1.54, 1.807) is 0 Å². The fraction of sp³-hybridized carbons (Fsp3) is 0.643. The maximum Gasteiger partial charge on any atom is 0.303 e. The van der Waals surface area contributed by atoms with Crippen molar-refractivity contribution in [3.05, 3.63) is 15.3 Å². The molecule has 0 radical (unpaired) electrons. The lowest BCUT2D eigenvalue weighted by atomic mass is 10.0. The molecule has 5 nitrogen and oxygen atoms in total. The molecule has 0 aromatic carbocycles. The van der Waals surface area contributed by atoms with E-state index in [0.717, 1.165) is 21.7 Å². The molecule has 0 saturated heterocycles. The minimum absolute atomic E-state index is 0.0709. The third kappa shape index (κ3) is 3.64. The molecule has 7 heteroatoms. The molecule has 2 rings (SSSR count). The molecular weight excluding hydrogens is 310 g/mol. The molecule has 1 aromatic heterocycles. The zero-order valence-electron chi connectivity index (χ0n) is 12.5. The van der Waals surface area contributed by atoms with Gasteiger partial charge in [-0.2, -0.15) is 0 Å². The van der Waals surface area contributed by atoms with Gasteiger partial charge in [0.2, 0.25) is 10.0 Å². The van der Waals surface area contributed by atoms with Crippen LogP contribution in [0.15, 0.2) is 4.90 Å². The fourth-order valence-corrected chi connectivity index (χ4v) is 6.24. The van der Waals surface area contributed by atoms with Gasteiger partial charge in [-0.05, 0) is 51.5 Å². The van der Waals surface area contributed by atoms with Crippen molar-refractivity contribution in [3.63, 3.8) is 0 Å². The van der Waals surface area contributed by atoms with E-state index in [1.807, 2.05) is 20.8 Å². The maximum atomic E-state index is 12.6. The second kappa shape index (κ2) is 6.06. The summed E-state index contributed by atoms with van der Waals surface area (Å²) in [5.41, 5.74) is 0.810. The zero-order valence-corrected chi connectivity index (χ0v) is 14.1. The van der Waals surface area contributed by atoms with Crippen molar-refractivity contribution in [1.29, 1.82) is 0 Å². The van der Waals surface area contributed by atoms with E-state index in [9.17, 15) is 13.2 Å². The van der Waals surface area contributed by atoms with Gasteiger partial charge in [0.05, 0.1) is 4.90 Å². The highest BCUT2D eigenvalue weighted by atomic mass is 32.2. The Morgan fingerprint density at radius 1 is 1.29 bits per heavy atom. The lowest BCUT2D eigenvalue weighted by Gasteiger charge is -2.14. The van der Waals surface area contributed by atoms with Crippen LogP contribution in [0.4, 0.5) is 0 Å². The second-order valence-electron chi connectivity index (χ2n) is 5.76. The van der Waals surface area contributed by atoms with Gasteiger partial charge in [-0.1, -0.05) is 0 Å². The van der Waals surface area contributed by atoms with Crippen LogP contribution in [0.25, 0.3) is 0 Å². The number of rotatable bonds is 5. The molecule has 0 unspecified atom stereocenters. The van der Waals surface area contributed by atoms with Crippen LogP contribution < -0.4 is 4.72 Å². The summed E-state index contributed by atoms with van der Waals surface area (Å²) in [4.78, 5) is 12.9. The molecule has 0 bridgehead atoms. The Bertz CT molecular complexity index is 648. The van der Waals surface area contributed by atoms with Gasteiger partial charge in [-0.15, -0.1) is 11.3 Å². The summed E-state index contributed by atoms with van der Waals surface area (Å²) in [5, 5.41) is 8.81. The lowest BCUT2D eigenvalue weighted by molar-refractivity contribution is -0.138. The standard InChI is InChI=1S/C14H21NO4S2/c1-8-9(2)20-10(3)14(8)21(18,19)15-12-5-4-11(6-12)7-13(16)17/h11-12,15H,4-7H2,1-3H3,(H,16,17)/t11-,12+/m0/s1. The average Bonchev–Trinajstić information content (AvgIpc) is 2.83. The number of carboxylic acid groups (broad SMARTS) is 1. The summed E-state index contributed by atoms with van der Waals surface area (Å²) in [6.07, 6.45) is 2.19. The predicted octanol–water partition coefficient (Wildman–Crippen LogP) is 2.60. The molecule has 21 heavy (non-hydrogen) atoms. The smallest absolute Gasteiger partial charge is 0.303 e. The number of nitrogens with one attached hydrogen (secondary N) is 1. The van der Waals surface area contributed by atoms with E-state index in [4.69, 9.17) is 5.11 Å². The summed E-state index contributed by atoms with van der Waals surface area (Å²) in [7, 11) is -3.52. The van der Waals surface area contributed by atoms with Gasteiger partial charge in [0.25, 0.3) is 0 Å². The van der Waals surface area contributed by atoms with Crippen LogP contribution in [0, 0.1) is 26.7 Å². The first-order chi connectivity index (χ1) is 9.70. The van der Waals surface area contributed by atoms with Crippen molar-refractivity contribution in [2.45, 2.75) is 57.4 Å². The van der Waals surface area contributed by atoms with Crippen molar-refractivity contribution in [2.75, 3.05) is 0 Å². The summed E-state index contributed by atoms with van der Waals surface area (Å²) in [6.45, 7) is 5.57. The normalized spacial score (nSPS) is 22.6. The minimum atomic E-state index is -3.52. The van der Waals surface area contributed by atoms with Crippen LogP contribution in [-0.4, -0.2) is 25.5 Å². The number of thiophene rings is 1. The largest absolute Gasteiger partial charge is 0.481 e. The molecule has 2 N–H and O–H groups in total. The predicted molar refractivity (Wildman–Crippen MR) is 82.2 cm³/mol. The number of sulfonamides is 1. The molecule has 0 aliphatic heterocycles. The van der Waals surface area contributed by atoms with E-state index < -0.39 is 16.0 Å². The lowest BCUT2D eigenvalue weighted by Crippen LogP contribution is -2.33. The van der Waals surface area contributed by atoms with Gasteiger partial charge in [-0.3, -0.25) is 4.79 Å². The summed E-state index contributed by atoms with van der Waals surface area (Å²) in [5.74, 6) is -0.745. The molecular formula is C14H21NO4S2. The molecule has 1 aromatic rings. The van der Waals surface area contributed by atoms with E-state index in [2.05, 4.69) is 4.72 Å². The first kappa shape index (κ1) is 16.5. The fourth-order valence-electron chi connectivity index (χ4n) is 3.06. The van der Waals surface area contributed by atoms with Crippen LogP contribution >= 0.6 is 11.3 Å². The number of hydrogen-bond donors (Lipinski definition) is 2. The molecule has 1 aliphatic rings.